The maximum absolute atomic E-state index is 10.8. The van der Waals surface area contributed by atoms with E-state index in [1.54, 1.807) is 6.08 Å². The number of carbonyl (C=O) groups excluding carboxylic acids is 1. The quantitative estimate of drug-likeness (QED) is 0.561. The van der Waals surface area contributed by atoms with Crippen LogP contribution in [-0.4, -0.2) is 46.2 Å². The van der Waals surface area contributed by atoms with Gasteiger partial charge in [0.1, 0.15) is 6.04 Å². The van der Waals surface area contributed by atoms with E-state index in [0.29, 0.717) is 11.5 Å². The molecule has 0 bridgehead atoms. The van der Waals surface area contributed by atoms with Crippen molar-refractivity contribution in [3.05, 3.63) is 11.6 Å². The number of carboxylic acids is 1. The summed E-state index contributed by atoms with van der Waals surface area (Å²) in [6, 6.07) is -0.857. The molecule has 0 fully saturated rings. The van der Waals surface area contributed by atoms with Crippen LogP contribution in [0.4, 0.5) is 0 Å². The zero-order valence-electron chi connectivity index (χ0n) is 9.40. The van der Waals surface area contributed by atoms with Crippen LogP contribution < -0.4 is 5.32 Å². The molecule has 0 saturated heterocycles. The molecule has 0 heterocycles. The van der Waals surface area contributed by atoms with E-state index in [-0.39, 0.29) is 12.5 Å². The molecule has 0 aromatic carbocycles. The number of aliphatic hydroxyl groups excluding tert-OH is 1. The number of carbonyl (C=O) groups is 2. The standard InChI is InChI=1S/C10H17NO4S/c1-7(3-4-12)5-16-6-9(10(14)15)11-8(2)13/h3,9,12H,4-6H2,1-2H3,(H,11,13)(H,14,15)/b7-3+/t9-/m0/s1. The van der Waals surface area contributed by atoms with Crippen LogP contribution in [0.3, 0.4) is 0 Å². The van der Waals surface area contributed by atoms with Gasteiger partial charge in [0.25, 0.3) is 0 Å². The van der Waals surface area contributed by atoms with Gasteiger partial charge in [0, 0.05) is 18.4 Å². The summed E-state index contributed by atoms with van der Waals surface area (Å²) in [4.78, 5) is 21.5. The summed E-state index contributed by atoms with van der Waals surface area (Å²) in [6.07, 6.45) is 1.67. The molecule has 6 heteroatoms. The molecule has 0 aromatic rings. The second-order valence-corrected chi connectivity index (χ2v) is 4.37. The zero-order chi connectivity index (χ0) is 12.6. The molecule has 3 N–H and O–H groups in total. The molecule has 0 unspecified atom stereocenters. The number of rotatable bonds is 7. The van der Waals surface area contributed by atoms with Crippen molar-refractivity contribution in [3.63, 3.8) is 0 Å². The van der Waals surface area contributed by atoms with Crippen molar-refractivity contribution in [2.75, 3.05) is 18.1 Å². The van der Waals surface area contributed by atoms with E-state index in [9.17, 15) is 9.59 Å². The second kappa shape index (κ2) is 8.18. The molecular formula is C10H17NO4S. The highest BCUT2D eigenvalue weighted by atomic mass is 32.2. The van der Waals surface area contributed by atoms with Crippen LogP contribution >= 0.6 is 11.8 Å². The number of thioether (sulfide) groups is 1. The van der Waals surface area contributed by atoms with E-state index in [0.717, 1.165) is 5.57 Å². The lowest BCUT2D eigenvalue weighted by Gasteiger charge is -2.12. The number of carboxylic acid groups (broad SMARTS) is 1. The molecule has 0 saturated carbocycles. The average molecular weight is 247 g/mol. The summed E-state index contributed by atoms with van der Waals surface area (Å²) < 4.78 is 0. The highest BCUT2D eigenvalue weighted by Crippen LogP contribution is 2.09. The number of amides is 1. The summed E-state index contributed by atoms with van der Waals surface area (Å²) in [7, 11) is 0. The van der Waals surface area contributed by atoms with Crippen molar-refractivity contribution in [1.82, 2.24) is 5.32 Å². The fourth-order valence-electron chi connectivity index (χ4n) is 0.973. The van der Waals surface area contributed by atoms with Crippen LogP contribution in [0, 0.1) is 0 Å². The van der Waals surface area contributed by atoms with Crippen molar-refractivity contribution >= 4 is 23.6 Å². The number of hydrogen-bond acceptors (Lipinski definition) is 4. The van der Waals surface area contributed by atoms with Gasteiger partial charge < -0.3 is 15.5 Å². The predicted molar refractivity (Wildman–Crippen MR) is 63.4 cm³/mol. The monoisotopic (exact) mass is 247 g/mol. The molecule has 0 radical (unpaired) electrons. The first-order chi connectivity index (χ1) is 7.47. The third-order valence-corrected chi connectivity index (χ3v) is 2.96. The molecule has 0 aliphatic heterocycles. The minimum Gasteiger partial charge on any atom is -0.480 e. The molecule has 0 aliphatic carbocycles. The molecule has 16 heavy (non-hydrogen) atoms. The molecule has 92 valence electrons. The van der Waals surface area contributed by atoms with Crippen LogP contribution in [-0.2, 0) is 9.59 Å². The van der Waals surface area contributed by atoms with Crippen LogP contribution in [0.5, 0.6) is 0 Å². The zero-order valence-corrected chi connectivity index (χ0v) is 10.2. The minimum absolute atomic E-state index is 0.0134. The lowest BCUT2D eigenvalue weighted by atomic mass is 10.3. The lowest BCUT2D eigenvalue weighted by Crippen LogP contribution is -2.41. The van der Waals surface area contributed by atoms with Gasteiger partial charge in [-0.05, 0) is 6.92 Å². The topological polar surface area (TPSA) is 86.6 Å². The first kappa shape index (κ1) is 15.0. The predicted octanol–water partition coefficient (Wildman–Crippen LogP) is 0.248. The van der Waals surface area contributed by atoms with E-state index in [4.69, 9.17) is 10.2 Å². The highest BCUT2D eigenvalue weighted by Gasteiger charge is 2.17. The Labute approximate surface area is 98.9 Å². The number of hydrogen-bond donors (Lipinski definition) is 3. The van der Waals surface area contributed by atoms with E-state index in [2.05, 4.69) is 5.32 Å². The van der Waals surface area contributed by atoms with Gasteiger partial charge in [-0.25, -0.2) is 4.79 Å². The number of aliphatic hydroxyl groups is 1. The maximum Gasteiger partial charge on any atom is 0.327 e. The van der Waals surface area contributed by atoms with Crippen molar-refractivity contribution in [3.8, 4) is 0 Å². The summed E-state index contributed by atoms with van der Waals surface area (Å²) in [5.41, 5.74) is 0.986. The molecule has 5 nitrogen and oxygen atoms in total. The Morgan fingerprint density at radius 1 is 1.44 bits per heavy atom. The van der Waals surface area contributed by atoms with Gasteiger partial charge in [-0.3, -0.25) is 4.79 Å². The van der Waals surface area contributed by atoms with Crippen LogP contribution in [0.2, 0.25) is 0 Å². The summed E-state index contributed by atoms with van der Waals surface area (Å²) in [5.74, 6) is -0.433. The van der Waals surface area contributed by atoms with Gasteiger partial charge in [-0.1, -0.05) is 11.6 Å². The van der Waals surface area contributed by atoms with Crippen molar-refractivity contribution in [2.45, 2.75) is 19.9 Å². The fourth-order valence-corrected chi connectivity index (χ4v) is 1.99. The normalized spacial score (nSPS) is 13.3. The van der Waals surface area contributed by atoms with E-state index in [1.165, 1.54) is 18.7 Å². The Kier molecular flexibility index (Phi) is 7.66. The number of nitrogens with one attached hydrogen (secondary N) is 1. The molecule has 0 rings (SSSR count). The third kappa shape index (κ3) is 7.30. The van der Waals surface area contributed by atoms with Gasteiger partial charge in [-0.2, -0.15) is 11.8 Å². The first-order valence-corrected chi connectivity index (χ1v) is 5.97. The Morgan fingerprint density at radius 2 is 2.06 bits per heavy atom. The van der Waals surface area contributed by atoms with Gasteiger partial charge in [0.15, 0.2) is 0 Å². The van der Waals surface area contributed by atoms with Gasteiger partial charge in [0.05, 0.1) is 6.61 Å². The second-order valence-electron chi connectivity index (χ2n) is 3.34. The molecular weight excluding hydrogens is 230 g/mol. The third-order valence-electron chi connectivity index (χ3n) is 1.73. The Balaban J connectivity index is 3.99. The molecule has 1 atom stereocenters. The first-order valence-electron chi connectivity index (χ1n) is 4.81. The molecule has 1 amide bonds. The number of aliphatic carboxylic acids is 1. The lowest BCUT2D eigenvalue weighted by molar-refractivity contribution is -0.140. The van der Waals surface area contributed by atoms with Crippen molar-refractivity contribution < 1.29 is 19.8 Å². The van der Waals surface area contributed by atoms with Crippen LogP contribution in [0.1, 0.15) is 13.8 Å². The van der Waals surface area contributed by atoms with Crippen LogP contribution in [0.25, 0.3) is 0 Å². The maximum atomic E-state index is 10.8. The van der Waals surface area contributed by atoms with Crippen molar-refractivity contribution in [2.24, 2.45) is 0 Å². The van der Waals surface area contributed by atoms with E-state index in [1.807, 2.05) is 6.92 Å². The summed E-state index contributed by atoms with van der Waals surface area (Å²) in [6.45, 7) is 3.13. The van der Waals surface area contributed by atoms with E-state index < -0.39 is 12.0 Å². The van der Waals surface area contributed by atoms with E-state index >= 15 is 0 Å². The van der Waals surface area contributed by atoms with Crippen molar-refractivity contribution in [1.29, 1.82) is 0 Å². The Bertz CT molecular complexity index is 278. The largest absolute Gasteiger partial charge is 0.480 e. The molecule has 0 aromatic heterocycles. The molecule has 0 spiro atoms. The van der Waals surface area contributed by atoms with Gasteiger partial charge in [-0.15, -0.1) is 0 Å². The van der Waals surface area contributed by atoms with Crippen LogP contribution in [0.15, 0.2) is 11.6 Å². The SMILES string of the molecule is CC(=O)N[C@@H](CSC/C(C)=C/CO)C(=O)O. The summed E-state index contributed by atoms with van der Waals surface area (Å²) in [5, 5.41) is 19.8. The Hall–Kier alpha value is -1.01. The smallest absolute Gasteiger partial charge is 0.327 e. The highest BCUT2D eigenvalue weighted by molar-refractivity contribution is 7.99. The Morgan fingerprint density at radius 3 is 2.50 bits per heavy atom. The average Bonchev–Trinajstić information content (AvgIpc) is 2.15. The molecule has 0 aliphatic rings. The van der Waals surface area contributed by atoms with Gasteiger partial charge in [0.2, 0.25) is 5.91 Å². The fraction of sp³-hybridized carbons (Fsp3) is 0.600. The minimum atomic E-state index is -1.04. The van der Waals surface area contributed by atoms with Gasteiger partial charge >= 0.3 is 5.97 Å². The summed E-state index contributed by atoms with van der Waals surface area (Å²) >= 11 is 1.40.